The second-order valence-electron chi connectivity index (χ2n) is 19.4. The molecule has 0 saturated heterocycles. The van der Waals surface area contributed by atoms with Gasteiger partial charge < -0.3 is 23.1 Å². The first-order valence-corrected chi connectivity index (χ1v) is 31.1. The van der Waals surface area contributed by atoms with Gasteiger partial charge in [-0.25, -0.2) is 0 Å². The van der Waals surface area contributed by atoms with Crippen molar-refractivity contribution in [3.63, 3.8) is 0 Å². The Labute approximate surface area is 398 Å². The molecule has 62 heavy (non-hydrogen) atoms. The minimum atomic E-state index is -2.87. The summed E-state index contributed by atoms with van der Waals surface area (Å²) in [6, 6.07) is 0.887. The highest BCUT2D eigenvalue weighted by Crippen LogP contribution is 2.21. The Bertz CT molecular complexity index is 735. The highest BCUT2D eigenvalue weighted by Gasteiger charge is 2.41. The molecule has 0 rings (SSSR count). The SMILES string of the molecule is CCCCCCCCCCN(CCCCCCCCCC)CCO[Si](CCCS)(OCCCCCCCC)OCCN(CCCCCCCCCC)CCCCCCCCCC. The molecule has 0 amide bonds. The molecule has 0 fully saturated rings. The van der Waals surface area contributed by atoms with Crippen LogP contribution in [0, 0.1) is 0 Å². The van der Waals surface area contributed by atoms with Crippen molar-refractivity contribution in [1.82, 2.24) is 9.80 Å². The summed E-state index contributed by atoms with van der Waals surface area (Å²) in [6.07, 6.45) is 52.7. The van der Waals surface area contributed by atoms with Gasteiger partial charge in [0.1, 0.15) is 0 Å². The van der Waals surface area contributed by atoms with E-state index in [9.17, 15) is 0 Å². The maximum absolute atomic E-state index is 7.06. The topological polar surface area (TPSA) is 34.2 Å². The quantitative estimate of drug-likeness (QED) is 0.0374. The molecular formula is C55H116N2O3SSi. The number of rotatable bonds is 55. The number of thiol groups is 1. The Morgan fingerprint density at radius 2 is 0.516 bits per heavy atom. The molecule has 0 aromatic carbocycles. The third-order valence-corrected chi connectivity index (χ3v) is 16.4. The lowest BCUT2D eigenvalue weighted by molar-refractivity contribution is 0.0428. The zero-order valence-electron chi connectivity index (χ0n) is 43.4. The van der Waals surface area contributed by atoms with Crippen LogP contribution in [0.3, 0.4) is 0 Å². The maximum Gasteiger partial charge on any atom is 0.501 e. The van der Waals surface area contributed by atoms with Crippen LogP contribution in [0.1, 0.15) is 285 Å². The summed E-state index contributed by atoms with van der Waals surface area (Å²) in [5.74, 6) is 0.855. The van der Waals surface area contributed by atoms with E-state index >= 15 is 0 Å². The van der Waals surface area contributed by atoms with Gasteiger partial charge >= 0.3 is 8.80 Å². The minimum absolute atomic E-state index is 0.726. The standard InChI is InChI=1S/C55H116N2O3SSi/c1-6-11-16-21-26-30-34-39-45-56(46-40-35-31-27-22-17-12-7-2)49-52-59-62(55-44-54-61,58-51-43-38-25-20-15-10-5)60-53-50-57(47-41-36-32-28-23-18-13-8-3)48-42-37-33-29-24-19-14-9-4/h61H,6-55H2,1-5H3. The predicted molar refractivity (Wildman–Crippen MR) is 284 cm³/mol. The van der Waals surface area contributed by atoms with Crippen LogP contribution in [0.5, 0.6) is 0 Å². The summed E-state index contributed by atoms with van der Waals surface area (Å²) in [4.78, 5) is 5.46. The molecule has 0 aliphatic rings. The molecule has 0 aromatic rings. The Morgan fingerprint density at radius 3 is 0.790 bits per heavy atom. The molecule has 0 unspecified atom stereocenters. The number of hydrogen-bond acceptors (Lipinski definition) is 6. The molecule has 0 radical (unpaired) electrons. The van der Waals surface area contributed by atoms with E-state index in [1.165, 1.54) is 264 Å². The van der Waals surface area contributed by atoms with Gasteiger partial charge in [0.05, 0.1) is 13.2 Å². The third kappa shape index (κ3) is 44.2. The molecule has 374 valence electrons. The van der Waals surface area contributed by atoms with Crippen LogP contribution < -0.4 is 0 Å². The Morgan fingerprint density at radius 1 is 0.274 bits per heavy atom. The fourth-order valence-corrected chi connectivity index (χ4v) is 12.0. The Kier molecular flexibility index (Phi) is 52.6. The van der Waals surface area contributed by atoms with Crippen molar-refractivity contribution in [3.05, 3.63) is 0 Å². The smallest absolute Gasteiger partial charge is 0.373 e. The summed E-state index contributed by atoms with van der Waals surface area (Å²) in [7, 11) is -2.87. The first-order valence-electron chi connectivity index (χ1n) is 28.6. The Balaban J connectivity index is 5.62. The molecule has 5 nitrogen and oxygen atoms in total. The van der Waals surface area contributed by atoms with E-state index in [2.05, 4.69) is 44.4 Å². The van der Waals surface area contributed by atoms with Gasteiger partial charge in [0.2, 0.25) is 0 Å². The van der Waals surface area contributed by atoms with Gasteiger partial charge in [0.15, 0.2) is 0 Å². The summed E-state index contributed by atoms with van der Waals surface area (Å²) < 4.78 is 21.1. The molecule has 0 saturated carbocycles. The van der Waals surface area contributed by atoms with E-state index in [4.69, 9.17) is 25.9 Å². The van der Waals surface area contributed by atoms with Crippen molar-refractivity contribution >= 4 is 21.4 Å². The van der Waals surface area contributed by atoms with Gasteiger partial charge in [-0.2, -0.15) is 12.6 Å². The van der Waals surface area contributed by atoms with Crippen LogP contribution in [0.4, 0.5) is 0 Å². The number of nitrogens with zero attached hydrogens (tertiary/aromatic N) is 2. The maximum atomic E-state index is 7.06. The zero-order chi connectivity index (χ0) is 45.1. The average Bonchev–Trinajstić information content (AvgIpc) is 3.28. The zero-order valence-corrected chi connectivity index (χ0v) is 45.3. The van der Waals surface area contributed by atoms with Crippen LogP contribution >= 0.6 is 12.6 Å². The highest BCUT2D eigenvalue weighted by atomic mass is 32.1. The molecule has 0 bridgehead atoms. The fraction of sp³-hybridized carbons (Fsp3) is 1.00. The van der Waals surface area contributed by atoms with Crippen molar-refractivity contribution in [2.24, 2.45) is 0 Å². The highest BCUT2D eigenvalue weighted by molar-refractivity contribution is 7.80. The molecule has 0 aliphatic carbocycles. The van der Waals surface area contributed by atoms with Crippen molar-refractivity contribution < 1.29 is 13.3 Å². The van der Waals surface area contributed by atoms with Crippen molar-refractivity contribution in [1.29, 1.82) is 0 Å². The van der Waals surface area contributed by atoms with E-state index in [0.717, 1.165) is 57.5 Å². The van der Waals surface area contributed by atoms with Crippen molar-refractivity contribution in [2.45, 2.75) is 291 Å². The normalized spacial score (nSPS) is 12.2. The molecule has 0 atom stereocenters. The third-order valence-electron chi connectivity index (χ3n) is 13.2. The Hall–Kier alpha value is 0.367. The van der Waals surface area contributed by atoms with Crippen LogP contribution in [-0.4, -0.2) is 83.4 Å². The lowest BCUT2D eigenvalue weighted by Crippen LogP contribution is -2.49. The monoisotopic (exact) mass is 913 g/mol. The van der Waals surface area contributed by atoms with Crippen molar-refractivity contribution in [3.8, 4) is 0 Å². The van der Waals surface area contributed by atoms with Gasteiger partial charge in [-0.1, -0.05) is 247 Å². The van der Waals surface area contributed by atoms with E-state index in [1.807, 2.05) is 0 Å². The molecule has 0 aromatic heterocycles. The average molecular weight is 914 g/mol. The largest absolute Gasteiger partial charge is 0.501 e. The molecule has 0 aliphatic heterocycles. The molecule has 0 spiro atoms. The molecule has 0 N–H and O–H groups in total. The summed E-state index contributed by atoms with van der Waals surface area (Å²) in [5.41, 5.74) is 0. The van der Waals surface area contributed by atoms with E-state index < -0.39 is 8.80 Å². The second kappa shape index (κ2) is 52.3. The van der Waals surface area contributed by atoms with Gasteiger partial charge in [0, 0.05) is 25.7 Å². The summed E-state index contributed by atoms with van der Waals surface area (Å²) in [6.45, 7) is 20.6. The van der Waals surface area contributed by atoms with Crippen LogP contribution in [-0.2, 0) is 13.3 Å². The van der Waals surface area contributed by atoms with Gasteiger partial charge in [-0.3, -0.25) is 0 Å². The number of unbranched alkanes of at least 4 members (excludes halogenated alkanes) is 33. The van der Waals surface area contributed by atoms with Crippen LogP contribution in [0.15, 0.2) is 0 Å². The van der Waals surface area contributed by atoms with E-state index in [1.54, 1.807) is 0 Å². The molecule has 0 heterocycles. The first-order chi connectivity index (χ1) is 30.6. The molecule has 7 heteroatoms. The lowest BCUT2D eigenvalue weighted by Gasteiger charge is -2.32. The first kappa shape index (κ1) is 62.4. The van der Waals surface area contributed by atoms with Gasteiger partial charge in [0.25, 0.3) is 0 Å². The summed E-state index contributed by atoms with van der Waals surface area (Å²) in [5, 5.41) is 0. The predicted octanol–water partition coefficient (Wildman–Crippen LogP) is 17.8. The van der Waals surface area contributed by atoms with E-state index in [0.29, 0.717) is 0 Å². The second-order valence-corrected chi connectivity index (χ2v) is 22.6. The lowest BCUT2D eigenvalue weighted by atomic mass is 10.1. The van der Waals surface area contributed by atoms with Gasteiger partial charge in [-0.15, -0.1) is 0 Å². The van der Waals surface area contributed by atoms with Gasteiger partial charge in [-0.05, 0) is 70.5 Å². The molecular weight excluding hydrogens is 797 g/mol. The minimum Gasteiger partial charge on any atom is -0.373 e. The van der Waals surface area contributed by atoms with Crippen molar-refractivity contribution in [2.75, 3.05) is 64.8 Å². The van der Waals surface area contributed by atoms with E-state index in [-0.39, 0.29) is 0 Å². The number of hydrogen-bond donors (Lipinski definition) is 1. The van der Waals surface area contributed by atoms with Crippen LogP contribution in [0.25, 0.3) is 0 Å². The van der Waals surface area contributed by atoms with Crippen LogP contribution in [0.2, 0.25) is 6.04 Å². The summed E-state index contributed by atoms with van der Waals surface area (Å²) >= 11 is 4.69. The fourth-order valence-electron chi connectivity index (χ4n) is 8.96.